The van der Waals surface area contributed by atoms with E-state index in [0.29, 0.717) is 0 Å². The highest BCUT2D eigenvalue weighted by Crippen LogP contribution is 2.54. The average Bonchev–Trinajstić information content (AvgIpc) is 2.00. The van der Waals surface area contributed by atoms with Gasteiger partial charge in [-0.3, -0.25) is 0 Å². The number of hydrogen-bond donors (Lipinski definition) is 0. The summed E-state index contributed by atoms with van der Waals surface area (Å²) in [4.78, 5) is 2.51. The van der Waals surface area contributed by atoms with E-state index in [1.807, 2.05) is 0 Å². The van der Waals surface area contributed by atoms with Crippen LogP contribution in [0.3, 0.4) is 0 Å². The third-order valence-electron chi connectivity index (χ3n) is 4.77. The van der Waals surface area contributed by atoms with Crippen molar-refractivity contribution >= 4 is 12.4 Å². The predicted octanol–water partition coefficient (Wildman–Crippen LogP) is 2.79. The van der Waals surface area contributed by atoms with Gasteiger partial charge in [-0.2, -0.15) is 0 Å². The fraction of sp³-hybridized carbons (Fsp3) is 1.00. The van der Waals surface area contributed by atoms with Crippen LogP contribution >= 0.6 is 12.4 Å². The van der Waals surface area contributed by atoms with Crippen LogP contribution in [0.15, 0.2) is 0 Å². The average molecular weight is 216 g/mol. The van der Waals surface area contributed by atoms with Crippen LogP contribution in [-0.2, 0) is 0 Å². The van der Waals surface area contributed by atoms with Crippen LogP contribution in [0.5, 0.6) is 0 Å². The van der Waals surface area contributed by atoms with E-state index in [-0.39, 0.29) is 12.4 Å². The van der Waals surface area contributed by atoms with Crippen molar-refractivity contribution in [3.63, 3.8) is 0 Å². The minimum Gasteiger partial charge on any atom is -0.306 e. The Labute approximate surface area is 93.6 Å². The molecule has 4 aliphatic carbocycles. The molecular weight excluding hydrogens is 194 g/mol. The zero-order valence-corrected chi connectivity index (χ0v) is 10.1. The van der Waals surface area contributed by atoms with Crippen LogP contribution in [0, 0.1) is 23.7 Å². The highest BCUT2D eigenvalue weighted by Gasteiger charge is 2.48. The predicted molar refractivity (Wildman–Crippen MR) is 61.8 cm³/mol. The minimum absolute atomic E-state index is 0. The fourth-order valence-corrected chi connectivity index (χ4v) is 4.74. The summed E-state index contributed by atoms with van der Waals surface area (Å²) >= 11 is 0. The third-order valence-corrected chi connectivity index (χ3v) is 4.77. The summed E-state index contributed by atoms with van der Waals surface area (Å²) in [5.41, 5.74) is 0. The molecule has 4 fully saturated rings. The second-order valence-corrected chi connectivity index (χ2v) is 5.88. The van der Waals surface area contributed by atoms with Crippen LogP contribution < -0.4 is 0 Å². The largest absolute Gasteiger partial charge is 0.306 e. The van der Waals surface area contributed by atoms with Gasteiger partial charge in [0.2, 0.25) is 0 Å². The Kier molecular flexibility index (Phi) is 2.83. The van der Waals surface area contributed by atoms with Gasteiger partial charge in [0.25, 0.3) is 0 Å². The smallest absolute Gasteiger partial charge is 0.0146 e. The van der Waals surface area contributed by atoms with Crippen LogP contribution in [-0.4, -0.2) is 25.0 Å². The van der Waals surface area contributed by atoms with Crippen molar-refractivity contribution in [2.45, 2.75) is 38.1 Å². The molecule has 82 valence electrons. The van der Waals surface area contributed by atoms with Gasteiger partial charge in [0.15, 0.2) is 0 Å². The number of nitrogens with zero attached hydrogens (tertiary/aromatic N) is 1. The first-order chi connectivity index (χ1) is 6.24. The highest BCUT2D eigenvalue weighted by molar-refractivity contribution is 5.85. The highest BCUT2D eigenvalue weighted by atomic mass is 35.5. The number of hydrogen-bond acceptors (Lipinski definition) is 1. The summed E-state index contributed by atoms with van der Waals surface area (Å²) < 4.78 is 0. The van der Waals surface area contributed by atoms with Gasteiger partial charge >= 0.3 is 0 Å². The summed E-state index contributed by atoms with van der Waals surface area (Å²) in [5, 5.41) is 0. The summed E-state index contributed by atoms with van der Waals surface area (Å²) in [6.45, 7) is 0. The van der Waals surface area contributed by atoms with Gasteiger partial charge in [0.05, 0.1) is 0 Å². The van der Waals surface area contributed by atoms with Gasteiger partial charge in [-0.05, 0) is 69.9 Å². The van der Waals surface area contributed by atoms with E-state index in [2.05, 4.69) is 19.0 Å². The Hall–Kier alpha value is 0.250. The van der Waals surface area contributed by atoms with Gasteiger partial charge < -0.3 is 4.90 Å². The van der Waals surface area contributed by atoms with E-state index in [9.17, 15) is 0 Å². The van der Waals surface area contributed by atoms with E-state index >= 15 is 0 Å². The SMILES string of the molecule is CN(C)C1C2CC3CC(C2)CC1C3.Cl. The molecule has 0 N–H and O–H groups in total. The third kappa shape index (κ3) is 1.49. The molecule has 0 aliphatic heterocycles. The Morgan fingerprint density at radius 3 is 1.57 bits per heavy atom. The first kappa shape index (κ1) is 10.8. The molecule has 4 bridgehead atoms. The minimum atomic E-state index is 0. The second kappa shape index (κ2) is 3.68. The van der Waals surface area contributed by atoms with E-state index in [1.54, 1.807) is 32.1 Å². The molecule has 2 heteroatoms. The van der Waals surface area contributed by atoms with Crippen molar-refractivity contribution in [2.75, 3.05) is 14.1 Å². The molecule has 4 rings (SSSR count). The molecule has 4 aliphatic rings. The first-order valence-corrected chi connectivity index (χ1v) is 5.90. The lowest BCUT2D eigenvalue weighted by molar-refractivity contribution is -0.0500. The van der Waals surface area contributed by atoms with E-state index in [1.165, 1.54) is 0 Å². The zero-order valence-electron chi connectivity index (χ0n) is 9.28. The normalized spacial score (nSPS) is 49.5. The van der Waals surface area contributed by atoms with Crippen molar-refractivity contribution in [3.8, 4) is 0 Å². The summed E-state index contributed by atoms with van der Waals surface area (Å²) in [7, 11) is 4.57. The van der Waals surface area contributed by atoms with Gasteiger partial charge in [-0.15, -0.1) is 12.4 Å². The Balaban J connectivity index is 0.000000750. The first-order valence-electron chi connectivity index (χ1n) is 5.90. The fourth-order valence-electron chi connectivity index (χ4n) is 4.74. The second-order valence-electron chi connectivity index (χ2n) is 5.88. The van der Waals surface area contributed by atoms with Crippen molar-refractivity contribution in [1.29, 1.82) is 0 Å². The molecule has 14 heavy (non-hydrogen) atoms. The van der Waals surface area contributed by atoms with Gasteiger partial charge in [0.1, 0.15) is 0 Å². The maximum atomic E-state index is 2.51. The van der Waals surface area contributed by atoms with Crippen molar-refractivity contribution in [3.05, 3.63) is 0 Å². The molecule has 4 saturated carbocycles. The van der Waals surface area contributed by atoms with Crippen molar-refractivity contribution in [1.82, 2.24) is 4.90 Å². The lowest BCUT2D eigenvalue weighted by Crippen LogP contribution is -2.53. The van der Waals surface area contributed by atoms with Crippen molar-refractivity contribution < 1.29 is 0 Å². The molecule has 0 saturated heterocycles. The molecule has 0 aromatic heterocycles. The van der Waals surface area contributed by atoms with E-state index in [0.717, 1.165) is 29.7 Å². The molecule has 0 radical (unpaired) electrons. The van der Waals surface area contributed by atoms with E-state index in [4.69, 9.17) is 0 Å². The monoisotopic (exact) mass is 215 g/mol. The molecule has 0 atom stereocenters. The maximum Gasteiger partial charge on any atom is 0.0146 e. The Morgan fingerprint density at radius 1 is 0.786 bits per heavy atom. The summed E-state index contributed by atoms with van der Waals surface area (Å²) in [6, 6.07) is 0.938. The Morgan fingerprint density at radius 2 is 1.21 bits per heavy atom. The molecule has 0 amide bonds. The molecule has 0 spiro atoms. The molecule has 0 aromatic rings. The number of rotatable bonds is 1. The lowest BCUT2D eigenvalue weighted by Gasteiger charge is -2.56. The van der Waals surface area contributed by atoms with Crippen LogP contribution in [0.4, 0.5) is 0 Å². The molecular formula is C12H22ClN. The van der Waals surface area contributed by atoms with Crippen molar-refractivity contribution in [2.24, 2.45) is 23.7 Å². The Bertz CT molecular complexity index is 186. The van der Waals surface area contributed by atoms with Crippen LogP contribution in [0.2, 0.25) is 0 Å². The quantitative estimate of drug-likeness (QED) is 0.650. The standard InChI is InChI=1S/C12H21N.ClH/c1-13(2)12-10-4-8-3-9(6-10)7-11(12)5-8;/h8-12H,3-7H2,1-2H3;1H. The van der Waals surface area contributed by atoms with Gasteiger partial charge in [-0.1, -0.05) is 0 Å². The number of halogens is 1. The van der Waals surface area contributed by atoms with Crippen LogP contribution in [0.1, 0.15) is 32.1 Å². The molecule has 0 aromatic carbocycles. The van der Waals surface area contributed by atoms with Crippen LogP contribution in [0.25, 0.3) is 0 Å². The summed E-state index contributed by atoms with van der Waals surface area (Å²) in [5.74, 6) is 4.37. The molecule has 0 unspecified atom stereocenters. The topological polar surface area (TPSA) is 3.24 Å². The van der Waals surface area contributed by atoms with Gasteiger partial charge in [-0.25, -0.2) is 0 Å². The molecule has 0 heterocycles. The lowest BCUT2D eigenvalue weighted by atomic mass is 9.54. The zero-order chi connectivity index (χ0) is 9.00. The maximum absolute atomic E-state index is 2.51. The summed E-state index contributed by atoms with van der Waals surface area (Å²) in [6.07, 6.45) is 7.78. The van der Waals surface area contributed by atoms with E-state index < -0.39 is 0 Å². The molecule has 1 nitrogen and oxygen atoms in total. The van der Waals surface area contributed by atoms with Gasteiger partial charge in [0, 0.05) is 6.04 Å².